The fourth-order valence-electron chi connectivity index (χ4n) is 0.932. The van der Waals surface area contributed by atoms with Gasteiger partial charge in [-0.1, -0.05) is 25.4 Å². The van der Waals surface area contributed by atoms with Crippen LogP contribution in [0.15, 0.2) is 35.0 Å². The van der Waals surface area contributed by atoms with E-state index in [0.29, 0.717) is 0 Å². The lowest BCUT2D eigenvalue weighted by atomic mass is 10.1. The highest BCUT2D eigenvalue weighted by atomic mass is 35.5. The van der Waals surface area contributed by atoms with Gasteiger partial charge in [0.2, 0.25) is 0 Å². The summed E-state index contributed by atoms with van der Waals surface area (Å²) in [5.41, 5.74) is 0. The third-order valence-corrected chi connectivity index (χ3v) is 2.29. The van der Waals surface area contributed by atoms with Crippen LogP contribution in [0, 0.1) is 5.92 Å². The number of allylic oxidation sites excluding steroid dienone is 5. The van der Waals surface area contributed by atoms with Crippen molar-refractivity contribution in [2.45, 2.75) is 20.3 Å². The van der Waals surface area contributed by atoms with E-state index in [1.54, 1.807) is 6.08 Å². The number of ether oxygens (including phenoxy) is 1. The lowest BCUT2D eigenvalue weighted by Gasteiger charge is -2.10. The van der Waals surface area contributed by atoms with E-state index >= 15 is 0 Å². The zero-order valence-electron chi connectivity index (χ0n) is 7.68. The van der Waals surface area contributed by atoms with Crippen molar-refractivity contribution in [3.63, 3.8) is 0 Å². The Bertz CT molecular complexity index is 279. The topological polar surface area (TPSA) is 9.23 Å². The van der Waals surface area contributed by atoms with Crippen molar-refractivity contribution in [1.82, 2.24) is 0 Å². The van der Waals surface area contributed by atoms with E-state index < -0.39 is 5.83 Å². The first-order chi connectivity index (χ1) is 6.15. The molecule has 13 heavy (non-hydrogen) atoms. The summed E-state index contributed by atoms with van der Waals surface area (Å²) in [6.07, 6.45) is 5.13. The smallest absolute Gasteiger partial charge is 0.145 e. The van der Waals surface area contributed by atoms with Crippen molar-refractivity contribution in [2.24, 2.45) is 5.92 Å². The second kappa shape index (κ2) is 4.47. The Hall–Kier alpha value is -0.760. The molecule has 0 amide bonds. The minimum absolute atomic E-state index is 0.00885. The summed E-state index contributed by atoms with van der Waals surface area (Å²) >= 11 is 5.54. The van der Waals surface area contributed by atoms with E-state index in [0.717, 1.165) is 12.2 Å². The minimum atomic E-state index is -0.458. The van der Waals surface area contributed by atoms with Crippen LogP contribution in [0.4, 0.5) is 4.39 Å². The zero-order valence-corrected chi connectivity index (χ0v) is 8.44. The van der Waals surface area contributed by atoms with Gasteiger partial charge in [-0.3, -0.25) is 0 Å². The molecule has 0 aliphatic carbocycles. The second-order valence-corrected chi connectivity index (χ2v) is 3.38. The molecular weight excluding hydrogens is 191 g/mol. The molecular formula is C10H12ClFO. The third kappa shape index (κ3) is 2.59. The molecule has 1 heterocycles. The Morgan fingerprint density at radius 2 is 2.23 bits per heavy atom. The number of halogens is 2. The summed E-state index contributed by atoms with van der Waals surface area (Å²) in [6.45, 7) is 4.07. The molecule has 0 saturated heterocycles. The third-order valence-electron chi connectivity index (χ3n) is 2.02. The summed E-state index contributed by atoms with van der Waals surface area (Å²) in [5, 5.41) is 0.00885. The lowest BCUT2D eigenvalue weighted by Crippen LogP contribution is -1.98. The molecule has 1 rings (SSSR count). The monoisotopic (exact) mass is 202 g/mol. The van der Waals surface area contributed by atoms with E-state index in [1.807, 2.05) is 13.8 Å². The standard InChI is InChI=1S/C10H12ClFO/c1-3-7(2)10-5-4-9(12)8(11)6-13-10/h4-7H,3H2,1-2H3. The average molecular weight is 203 g/mol. The second-order valence-electron chi connectivity index (χ2n) is 2.98. The molecule has 1 unspecified atom stereocenters. The molecule has 0 radical (unpaired) electrons. The van der Waals surface area contributed by atoms with Gasteiger partial charge in [0.25, 0.3) is 0 Å². The Morgan fingerprint density at radius 3 is 2.85 bits per heavy atom. The van der Waals surface area contributed by atoms with Gasteiger partial charge in [-0.05, 0) is 18.6 Å². The van der Waals surface area contributed by atoms with Crippen LogP contribution < -0.4 is 0 Å². The summed E-state index contributed by atoms with van der Waals surface area (Å²) in [4.78, 5) is 0. The minimum Gasteiger partial charge on any atom is -0.467 e. The Balaban J connectivity index is 2.83. The van der Waals surface area contributed by atoms with Crippen LogP contribution in [-0.2, 0) is 4.74 Å². The predicted octanol–water partition coefficient (Wildman–Crippen LogP) is 3.88. The Kier molecular flexibility index (Phi) is 3.55. The number of hydrogen-bond acceptors (Lipinski definition) is 1. The molecule has 1 aliphatic heterocycles. The lowest BCUT2D eigenvalue weighted by molar-refractivity contribution is 0.293. The van der Waals surface area contributed by atoms with E-state index in [2.05, 4.69) is 0 Å². The molecule has 72 valence electrons. The molecule has 0 aromatic rings. The fraction of sp³-hybridized carbons (Fsp3) is 0.400. The SMILES string of the molecule is CCC(C)C1=CC=C(F)C(Cl)=CO1. The Labute approximate surface area is 82.5 Å². The van der Waals surface area contributed by atoms with E-state index in [1.165, 1.54) is 12.3 Å². The van der Waals surface area contributed by atoms with Crippen LogP contribution in [0.25, 0.3) is 0 Å². The van der Waals surface area contributed by atoms with Gasteiger partial charge in [0, 0.05) is 5.92 Å². The van der Waals surface area contributed by atoms with E-state index in [9.17, 15) is 4.39 Å². The summed E-state index contributed by atoms with van der Waals surface area (Å²) in [5.74, 6) is 0.566. The maximum absolute atomic E-state index is 12.9. The maximum atomic E-state index is 12.9. The van der Waals surface area contributed by atoms with E-state index in [-0.39, 0.29) is 11.0 Å². The van der Waals surface area contributed by atoms with Crippen molar-refractivity contribution in [1.29, 1.82) is 0 Å². The van der Waals surface area contributed by atoms with Crippen LogP contribution in [0.2, 0.25) is 0 Å². The van der Waals surface area contributed by atoms with Crippen molar-refractivity contribution in [3.05, 3.63) is 35.0 Å². The van der Waals surface area contributed by atoms with Crippen LogP contribution in [0.3, 0.4) is 0 Å². The molecule has 0 aromatic carbocycles. The molecule has 0 fully saturated rings. The van der Waals surface area contributed by atoms with Gasteiger partial charge >= 0.3 is 0 Å². The van der Waals surface area contributed by atoms with E-state index in [4.69, 9.17) is 16.3 Å². The normalized spacial score (nSPS) is 19.2. The quantitative estimate of drug-likeness (QED) is 0.660. The van der Waals surface area contributed by atoms with Gasteiger partial charge in [0.1, 0.15) is 22.9 Å². The van der Waals surface area contributed by atoms with Crippen molar-refractivity contribution >= 4 is 11.6 Å². The molecule has 0 N–H and O–H groups in total. The molecule has 1 aliphatic rings. The van der Waals surface area contributed by atoms with Crippen molar-refractivity contribution < 1.29 is 9.13 Å². The van der Waals surface area contributed by atoms with Gasteiger partial charge < -0.3 is 4.74 Å². The highest BCUT2D eigenvalue weighted by molar-refractivity contribution is 6.31. The van der Waals surface area contributed by atoms with Gasteiger partial charge in [0.05, 0.1) is 0 Å². The molecule has 0 bridgehead atoms. The molecule has 0 spiro atoms. The van der Waals surface area contributed by atoms with Crippen LogP contribution in [0.1, 0.15) is 20.3 Å². The number of hydrogen-bond donors (Lipinski definition) is 0. The summed E-state index contributed by atoms with van der Waals surface area (Å²) in [7, 11) is 0. The highest BCUT2D eigenvalue weighted by Gasteiger charge is 2.11. The first-order valence-electron chi connectivity index (χ1n) is 4.25. The predicted molar refractivity (Wildman–Crippen MR) is 51.8 cm³/mol. The summed E-state index contributed by atoms with van der Waals surface area (Å²) in [6, 6.07) is 0. The molecule has 0 aromatic heterocycles. The van der Waals surface area contributed by atoms with Gasteiger partial charge in [0.15, 0.2) is 0 Å². The van der Waals surface area contributed by atoms with Crippen LogP contribution in [0.5, 0.6) is 0 Å². The largest absolute Gasteiger partial charge is 0.467 e. The summed E-state index contributed by atoms with van der Waals surface area (Å²) < 4.78 is 18.1. The average Bonchev–Trinajstić information content (AvgIpc) is 2.30. The molecule has 1 nitrogen and oxygen atoms in total. The zero-order chi connectivity index (χ0) is 9.84. The van der Waals surface area contributed by atoms with Gasteiger partial charge in [-0.25, -0.2) is 4.39 Å². The Morgan fingerprint density at radius 1 is 1.54 bits per heavy atom. The maximum Gasteiger partial charge on any atom is 0.145 e. The molecule has 0 saturated carbocycles. The fourth-order valence-corrected chi connectivity index (χ4v) is 1.04. The van der Waals surface area contributed by atoms with Crippen LogP contribution in [-0.4, -0.2) is 0 Å². The molecule has 1 atom stereocenters. The van der Waals surface area contributed by atoms with Gasteiger partial charge in [-0.15, -0.1) is 0 Å². The number of rotatable bonds is 2. The van der Waals surface area contributed by atoms with Crippen LogP contribution >= 0.6 is 11.6 Å². The van der Waals surface area contributed by atoms with Crippen molar-refractivity contribution in [3.8, 4) is 0 Å². The van der Waals surface area contributed by atoms with Crippen molar-refractivity contribution in [2.75, 3.05) is 0 Å². The first-order valence-corrected chi connectivity index (χ1v) is 4.63. The van der Waals surface area contributed by atoms with Gasteiger partial charge in [-0.2, -0.15) is 0 Å². The molecule has 3 heteroatoms. The highest BCUT2D eigenvalue weighted by Crippen LogP contribution is 2.24. The first kappa shape index (κ1) is 10.3.